The zero-order chi connectivity index (χ0) is 7.44. The molecule has 0 aliphatic heterocycles. The SMILES string of the molecule is CC/C([N+](=O)[O-])=[N+](\[O-])O. The first-order chi connectivity index (χ1) is 4.09. The molecule has 0 unspecified atom stereocenters. The van der Waals surface area contributed by atoms with Gasteiger partial charge in [-0.25, -0.2) is 0 Å². The molecule has 0 saturated carbocycles. The molecule has 0 aromatic rings. The van der Waals surface area contributed by atoms with Crippen LogP contribution in [0.5, 0.6) is 0 Å². The van der Waals surface area contributed by atoms with Gasteiger partial charge in [0, 0.05) is 0 Å². The highest BCUT2D eigenvalue weighted by Gasteiger charge is 2.21. The van der Waals surface area contributed by atoms with Crippen molar-refractivity contribution in [3.63, 3.8) is 0 Å². The van der Waals surface area contributed by atoms with E-state index in [0.717, 1.165) is 0 Å². The zero-order valence-electron chi connectivity index (χ0n) is 4.77. The Labute approximate surface area is 50.7 Å². The summed E-state index contributed by atoms with van der Waals surface area (Å²) in [5.74, 6) is -0.755. The van der Waals surface area contributed by atoms with Crippen LogP contribution in [0.2, 0.25) is 0 Å². The molecule has 6 heteroatoms. The van der Waals surface area contributed by atoms with Crippen LogP contribution in [0.15, 0.2) is 0 Å². The van der Waals surface area contributed by atoms with Crippen molar-refractivity contribution in [2.24, 2.45) is 0 Å². The molecule has 0 aromatic heterocycles. The molecule has 0 bridgehead atoms. The van der Waals surface area contributed by atoms with Crippen LogP contribution in [-0.2, 0) is 0 Å². The lowest BCUT2D eigenvalue weighted by atomic mass is 10.5. The molecule has 0 aliphatic rings. The lowest BCUT2D eigenvalue weighted by Crippen LogP contribution is -2.20. The minimum atomic E-state index is -0.924. The quantitative estimate of drug-likeness (QED) is 0.136. The van der Waals surface area contributed by atoms with Gasteiger partial charge in [-0.3, -0.25) is 15.3 Å². The van der Waals surface area contributed by atoms with Crippen LogP contribution >= 0.6 is 0 Å². The van der Waals surface area contributed by atoms with Gasteiger partial charge in [-0.05, 0) is 6.92 Å². The van der Waals surface area contributed by atoms with E-state index in [2.05, 4.69) is 0 Å². The Morgan fingerprint density at radius 1 is 1.67 bits per heavy atom. The zero-order valence-corrected chi connectivity index (χ0v) is 4.77. The second kappa shape index (κ2) is 2.85. The molecule has 0 atom stereocenters. The van der Waals surface area contributed by atoms with Gasteiger partial charge in [0.2, 0.25) is 0 Å². The van der Waals surface area contributed by atoms with E-state index < -0.39 is 15.7 Å². The number of nitrogens with zero attached hydrogens (tertiary/aromatic N) is 2. The van der Waals surface area contributed by atoms with Crippen molar-refractivity contribution in [1.29, 1.82) is 0 Å². The third-order valence-electron chi connectivity index (χ3n) is 0.748. The Morgan fingerprint density at radius 2 is 2.11 bits per heavy atom. The maximum atomic E-state index is 9.81. The van der Waals surface area contributed by atoms with E-state index in [9.17, 15) is 15.3 Å². The first kappa shape index (κ1) is 7.67. The minimum absolute atomic E-state index is 0.0903. The molecule has 0 fully saturated rings. The maximum absolute atomic E-state index is 9.81. The number of hydrogen-bond donors (Lipinski definition) is 1. The highest BCUT2D eigenvalue weighted by atomic mass is 16.8. The fourth-order valence-corrected chi connectivity index (χ4v) is 0.334. The van der Waals surface area contributed by atoms with Gasteiger partial charge >= 0.3 is 5.84 Å². The lowest BCUT2D eigenvalue weighted by molar-refractivity contribution is -0.748. The summed E-state index contributed by atoms with van der Waals surface area (Å²) >= 11 is 0. The van der Waals surface area contributed by atoms with Crippen LogP contribution in [0.1, 0.15) is 13.3 Å². The highest BCUT2D eigenvalue weighted by Crippen LogP contribution is 1.83. The van der Waals surface area contributed by atoms with Crippen LogP contribution in [0.4, 0.5) is 0 Å². The molecule has 0 amide bonds. The first-order valence-corrected chi connectivity index (χ1v) is 2.26. The van der Waals surface area contributed by atoms with Crippen LogP contribution in [0, 0.1) is 15.3 Å². The summed E-state index contributed by atoms with van der Waals surface area (Å²) in [5, 5.41) is 27.5. The van der Waals surface area contributed by atoms with Gasteiger partial charge in [0.05, 0.1) is 0 Å². The van der Waals surface area contributed by atoms with Gasteiger partial charge < -0.3 is 5.21 Å². The topological polar surface area (TPSA) is 89.4 Å². The molecule has 0 radical (unpaired) electrons. The number of nitro groups is 1. The third kappa shape index (κ3) is 1.94. The second-order valence-electron chi connectivity index (χ2n) is 1.30. The van der Waals surface area contributed by atoms with Gasteiger partial charge in [-0.2, -0.15) is 0 Å². The second-order valence-corrected chi connectivity index (χ2v) is 1.30. The van der Waals surface area contributed by atoms with Crippen LogP contribution in [0.25, 0.3) is 0 Å². The van der Waals surface area contributed by atoms with E-state index in [1.54, 1.807) is 0 Å². The summed E-state index contributed by atoms with van der Waals surface area (Å²) in [5.41, 5.74) is 0. The predicted molar refractivity (Wildman–Crippen MR) is 27.7 cm³/mol. The molecule has 0 spiro atoms. The van der Waals surface area contributed by atoms with Crippen molar-refractivity contribution < 1.29 is 15.0 Å². The third-order valence-corrected chi connectivity index (χ3v) is 0.748. The van der Waals surface area contributed by atoms with Crippen molar-refractivity contribution in [2.45, 2.75) is 13.3 Å². The van der Waals surface area contributed by atoms with Crippen molar-refractivity contribution in [1.82, 2.24) is 0 Å². The van der Waals surface area contributed by atoms with Gasteiger partial charge in [-0.15, -0.1) is 0 Å². The molecular weight excluding hydrogens is 128 g/mol. The minimum Gasteiger partial charge on any atom is -0.412 e. The first-order valence-electron chi connectivity index (χ1n) is 2.26. The van der Waals surface area contributed by atoms with Crippen LogP contribution < -0.4 is 0 Å². The molecule has 0 aromatic carbocycles. The highest BCUT2D eigenvalue weighted by molar-refractivity contribution is 5.67. The fraction of sp³-hybridized carbons (Fsp3) is 0.667. The molecule has 0 saturated heterocycles. The van der Waals surface area contributed by atoms with Crippen LogP contribution in [-0.4, -0.2) is 20.9 Å². The number of rotatable bonds is 1. The summed E-state index contributed by atoms with van der Waals surface area (Å²) in [4.78, 5) is 8.08. The molecule has 0 aliphatic carbocycles. The van der Waals surface area contributed by atoms with E-state index in [4.69, 9.17) is 5.21 Å². The van der Waals surface area contributed by atoms with Gasteiger partial charge in [0.25, 0.3) is 0 Å². The van der Waals surface area contributed by atoms with E-state index in [-0.39, 0.29) is 6.42 Å². The van der Waals surface area contributed by atoms with E-state index in [1.165, 1.54) is 6.92 Å². The Bertz CT molecular complexity index is 148. The summed E-state index contributed by atoms with van der Waals surface area (Å²) in [6, 6.07) is 0. The summed E-state index contributed by atoms with van der Waals surface area (Å²) in [6.45, 7) is 1.40. The van der Waals surface area contributed by atoms with Crippen molar-refractivity contribution >= 4 is 5.84 Å². The molecule has 52 valence electrons. The Hall–Kier alpha value is -1.33. The van der Waals surface area contributed by atoms with Gasteiger partial charge in [0.15, 0.2) is 0 Å². The van der Waals surface area contributed by atoms with E-state index >= 15 is 0 Å². The normalized spacial score (nSPS) is 12.6. The summed E-state index contributed by atoms with van der Waals surface area (Å²) in [7, 11) is 0. The van der Waals surface area contributed by atoms with E-state index in [0.29, 0.717) is 0 Å². The molecule has 0 heterocycles. The van der Waals surface area contributed by atoms with Crippen molar-refractivity contribution in [3.05, 3.63) is 15.3 Å². The standard InChI is InChI=1S/C3H6N2O4/c1-2-3(4(6)7)5(8)9/h2H2,1H3,(H,6,7). The van der Waals surface area contributed by atoms with Crippen molar-refractivity contribution in [3.8, 4) is 0 Å². The van der Waals surface area contributed by atoms with Gasteiger partial charge in [-0.1, -0.05) is 0 Å². The average molecular weight is 134 g/mol. The number of hydrogen-bond acceptors (Lipinski definition) is 4. The monoisotopic (exact) mass is 134 g/mol. The smallest absolute Gasteiger partial charge is 0.412 e. The molecule has 6 nitrogen and oxygen atoms in total. The summed E-state index contributed by atoms with van der Waals surface area (Å²) in [6.07, 6.45) is -0.0903. The lowest BCUT2D eigenvalue weighted by Gasteiger charge is -1.86. The maximum Gasteiger partial charge on any atom is 0.531 e. The fourth-order valence-electron chi connectivity index (χ4n) is 0.334. The molecular formula is C3H6N2O4. The van der Waals surface area contributed by atoms with Crippen LogP contribution in [0.3, 0.4) is 0 Å². The van der Waals surface area contributed by atoms with Crippen molar-refractivity contribution in [2.75, 3.05) is 0 Å². The molecule has 0 rings (SSSR count). The van der Waals surface area contributed by atoms with E-state index in [1.807, 2.05) is 0 Å². The molecule has 9 heavy (non-hydrogen) atoms. The Morgan fingerprint density at radius 3 is 2.11 bits per heavy atom. The predicted octanol–water partition coefficient (Wildman–Crippen LogP) is -0.0289. The largest absolute Gasteiger partial charge is 0.531 e. The molecule has 1 N–H and O–H groups in total. The Kier molecular flexibility index (Phi) is 2.43. The van der Waals surface area contributed by atoms with Gasteiger partial charge in [0.1, 0.15) is 16.2 Å². The number of amidine groups is 1. The average Bonchev–Trinajstić information content (AvgIpc) is 1.64. The Balaban J connectivity index is 4.35. The summed E-state index contributed by atoms with van der Waals surface area (Å²) < 4.78 is 0.